The third-order valence-corrected chi connectivity index (χ3v) is 9.19. The molecule has 2 saturated heterocycles. The van der Waals surface area contributed by atoms with Crippen molar-refractivity contribution in [3.05, 3.63) is 10.6 Å². The Balaban J connectivity index is 1.37. The van der Waals surface area contributed by atoms with Gasteiger partial charge in [-0.2, -0.15) is 0 Å². The molecule has 4 rings (SSSR count). The van der Waals surface area contributed by atoms with Crippen LogP contribution in [0.4, 0.5) is 0 Å². The zero-order chi connectivity index (χ0) is 21.6. The SMILES string of the molecule is C[C@@H](O)[C@H]1C(=O)N2C(C(=O)O)=C(S[C@@H]3CCN(C[C@H]4CC[C@H](CN)CC4)C3)[C@H](C)[C@H]12. The molecule has 3 heterocycles. The number of β-lactam (4-membered cyclic amide) rings is 1. The first-order chi connectivity index (χ1) is 14.3. The number of nitrogens with zero attached hydrogens (tertiary/aromatic N) is 2. The fourth-order valence-corrected chi connectivity index (χ4v) is 7.45. The molecular weight excluding hydrogens is 402 g/mol. The molecule has 0 aromatic heterocycles. The maximum absolute atomic E-state index is 12.5. The van der Waals surface area contributed by atoms with Crippen LogP contribution >= 0.6 is 11.8 Å². The maximum atomic E-state index is 12.5. The zero-order valence-electron chi connectivity index (χ0n) is 18.0. The summed E-state index contributed by atoms with van der Waals surface area (Å²) in [6.45, 7) is 7.59. The minimum atomic E-state index is -1.03. The van der Waals surface area contributed by atoms with Crippen LogP contribution in [0.2, 0.25) is 0 Å². The molecule has 0 radical (unpaired) electrons. The summed E-state index contributed by atoms with van der Waals surface area (Å²) in [7, 11) is 0. The number of hydrogen-bond donors (Lipinski definition) is 3. The Kier molecular flexibility index (Phi) is 6.49. The zero-order valence-corrected chi connectivity index (χ0v) is 18.8. The van der Waals surface area contributed by atoms with Crippen LogP contribution in [-0.4, -0.2) is 75.5 Å². The van der Waals surface area contributed by atoms with Crippen LogP contribution in [0.25, 0.3) is 0 Å². The van der Waals surface area contributed by atoms with Crippen molar-refractivity contribution in [1.82, 2.24) is 9.80 Å². The predicted octanol–water partition coefficient (Wildman–Crippen LogP) is 1.71. The lowest BCUT2D eigenvalue weighted by molar-refractivity contribution is -0.163. The van der Waals surface area contributed by atoms with E-state index in [4.69, 9.17) is 5.73 Å². The number of fused-ring (bicyclic) bond motifs is 1. The first kappa shape index (κ1) is 22.1. The quantitative estimate of drug-likeness (QED) is 0.521. The van der Waals surface area contributed by atoms with Gasteiger partial charge in [0.25, 0.3) is 0 Å². The summed E-state index contributed by atoms with van der Waals surface area (Å²) in [4.78, 5) is 29.2. The van der Waals surface area contributed by atoms with E-state index in [1.54, 1.807) is 18.7 Å². The molecule has 1 aliphatic carbocycles. The van der Waals surface area contributed by atoms with E-state index in [0.29, 0.717) is 11.2 Å². The van der Waals surface area contributed by atoms with Crippen molar-refractivity contribution in [2.45, 2.75) is 63.3 Å². The number of amides is 1. The van der Waals surface area contributed by atoms with E-state index < -0.39 is 18.0 Å². The standard InChI is InChI=1S/C22H35N3O4S/c1-12-18-17(13(2)26)21(27)25(18)19(22(28)29)20(12)30-16-7-8-24(11-16)10-15-5-3-14(9-23)4-6-15/h12-18,26H,3-11,23H2,1-2H3,(H,28,29)/t12-,13-,14-,15-,16-,17-,18-/m1/s1. The summed E-state index contributed by atoms with van der Waals surface area (Å²) < 4.78 is 0. The van der Waals surface area contributed by atoms with Gasteiger partial charge >= 0.3 is 5.97 Å². The number of aliphatic hydroxyl groups excluding tert-OH is 1. The first-order valence-electron chi connectivity index (χ1n) is 11.4. The number of nitrogens with two attached hydrogens (primary N) is 1. The lowest BCUT2D eigenvalue weighted by Gasteiger charge is -2.46. The number of carbonyl (C=O) groups is 2. The molecule has 4 aliphatic rings. The normalized spacial score (nSPS) is 38.0. The highest BCUT2D eigenvalue weighted by molar-refractivity contribution is 8.03. The van der Waals surface area contributed by atoms with Crippen LogP contribution in [0, 0.1) is 23.7 Å². The molecule has 8 heteroatoms. The molecule has 3 aliphatic heterocycles. The van der Waals surface area contributed by atoms with E-state index in [1.807, 2.05) is 6.92 Å². The smallest absolute Gasteiger partial charge is 0.353 e. The van der Waals surface area contributed by atoms with Gasteiger partial charge < -0.3 is 25.7 Å². The van der Waals surface area contributed by atoms with Crippen molar-refractivity contribution in [3.8, 4) is 0 Å². The Morgan fingerprint density at radius 3 is 2.50 bits per heavy atom. The summed E-state index contributed by atoms with van der Waals surface area (Å²) in [5.41, 5.74) is 5.96. The summed E-state index contributed by atoms with van der Waals surface area (Å²) in [6.07, 6.45) is 5.31. The molecule has 3 fully saturated rings. The van der Waals surface area contributed by atoms with Crippen LogP contribution in [0.1, 0.15) is 46.0 Å². The fourth-order valence-electron chi connectivity index (χ4n) is 5.93. The Hall–Kier alpha value is -1.09. The van der Waals surface area contributed by atoms with Crippen LogP contribution in [0.3, 0.4) is 0 Å². The Bertz CT molecular complexity index is 719. The van der Waals surface area contributed by atoms with Gasteiger partial charge in [-0.1, -0.05) is 6.92 Å². The van der Waals surface area contributed by atoms with Crippen molar-refractivity contribution in [2.75, 3.05) is 26.2 Å². The topological polar surface area (TPSA) is 107 Å². The monoisotopic (exact) mass is 437 g/mol. The molecule has 4 N–H and O–H groups in total. The number of likely N-dealkylation sites (tertiary alicyclic amines) is 1. The molecule has 5 atom stereocenters. The second-order valence-electron chi connectivity index (χ2n) is 9.68. The first-order valence-corrected chi connectivity index (χ1v) is 12.3. The maximum Gasteiger partial charge on any atom is 0.353 e. The number of carboxylic acid groups (broad SMARTS) is 1. The van der Waals surface area contributed by atoms with Crippen molar-refractivity contribution in [1.29, 1.82) is 0 Å². The molecule has 0 bridgehead atoms. The lowest BCUT2D eigenvalue weighted by Crippen LogP contribution is -2.63. The van der Waals surface area contributed by atoms with E-state index in [2.05, 4.69) is 4.90 Å². The van der Waals surface area contributed by atoms with Crippen molar-refractivity contribution >= 4 is 23.6 Å². The van der Waals surface area contributed by atoms with Crippen molar-refractivity contribution in [3.63, 3.8) is 0 Å². The van der Waals surface area contributed by atoms with Gasteiger partial charge in [-0.25, -0.2) is 4.79 Å². The minimum Gasteiger partial charge on any atom is -0.477 e. The van der Waals surface area contributed by atoms with Crippen LogP contribution in [-0.2, 0) is 9.59 Å². The van der Waals surface area contributed by atoms with Crippen molar-refractivity contribution in [2.24, 2.45) is 29.4 Å². The van der Waals surface area contributed by atoms with E-state index in [-0.39, 0.29) is 23.6 Å². The van der Waals surface area contributed by atoms with Crippen LogP contribution in [0.5, 0.6) is 0 Å². The number of rotatable bonds is 7. The Labute approximate surface area is 183 Å². The summed E-state index contributed by atoms with van der Waals surface area (Å²) in [5.74, 6) is -0.365. The number of carbonyl (C=O) groups excluding carboxylic acids is 1. The van der Waals surface area contributed by atoms with Gasteiger partial charge in [-0.3, -0.25) is 4.79 Å². The molecule has 1 saturated carbocycles. The van der Waals surface area contributed by atoms with Gasteiger partial charge in [-0.05, 0) is 64.0 Å². The largest absolute Gasteiger partial charge is 0.477 e. The van der Waals surface area contributed by atoms with E-state index in [9.17, 15) is 19.8 Å². The third kappa shape index (κ3) is 3.92. The van der Waals surface area contributed by atoms with Gasteiger partial charge in [0.1, 0.15) is 5.70 Å². The number of hydrogen-bond acceptors (Lipinski definition) is 6. The van der Waals surface area contributed by atoms with E-state index in [1.165, 1.54) is 30.6 Å². The highest BCUT2D eigenvalue weighted by Crippen LogP contribution is 2.52. The van der Waals surface area contributed by atoms with Gasteiger partial charge in [0, 0.05) is 29.2 Å². The molecule has 168 valence electrons. The molecule has 0 aromatic carbocycles. The molecular formula is C22H35N3O4S. The molecule has 1 amide bonds. The third-order valence-electron chi connectivity index (χ3n) is 7.65. The highest BCUT2D eigenvalue weighted by Gasteiger charge is 2.60. The Morgan fingerprint density at radius 2 is 1.90 bits per heavy atom. The molecule has 0 unspecified atom stereocenters. The average Bonchev–Trinajstić information content (AvgIpc) is 3.23. The fraction of sp³-hybridized carbons (Fsp3) is 0.818. The number of carboxylic acids is 1. The summed E-state index contributed by atoms with van der Waals surface area (Å²) in [6, 6.07) is -0.221. The highest BCUT2D eigenvalue weighted by atomic mass is 32.2. The second kappa shape index (κ2) is 8.81. The summed E-state index contributed by atoms with van der Waals surface area (Å²) in [5, 5.41) is 20.2. The molecule has 0 aromatic rings. The van der Waals surface area contributed by atoms with Crippen LogP contribution < -0.4 is 5.73 Å². The van der Waals surface area contributed by atoms with Crippen LogP contribution in [0.15, 0.2) is 10.6 Å². The lowest BCUT2D eigenvalue weighted by atomic mass is 9.79. The van der Waals surface area contributed by atoms with Gasteiger partial charge in [0.2, 0.25) is 5.91 Å². The molecule has 30 heavy (non-hydrogen) atoms. The minimum absolute atomic E-state index is 0.0426. The number of aliphatic hydroxyl groups is 1. The summed E-state index contributed by atoms with van der Waals surface area (Å²) >= 11 is 1.66. The van der Waals surface area contributed by atoms with Gasteiger partial charge in [-0.15, -0.1) is 11.8 Å². The number of aliphatic carboxylic acids is 1. The van der Waals surface area contributed by atoms with E-state index in [0.717, 1.165) is 43.4 Å². The molecule has 0 spiro atoms. The average molecular weight is 438 g/mol. The van der Waals surface area contributed by atoms with Crippen molar-refractivity contribution < 1.29 is 19.8 Å². The second-order valence-corrected chi connectivity index (χ2v) is 11.0. The molecule has 7 nitrogen and oxygen atoms in total. The van der Waals surface area contributed by atoms with E-state index >= 15 is 0 Å². The Morgan fingerprint density at radius 1 is 1.23 bits per heavy atom. The van der Waals surface area contributed by atoms with Gasteiger partial charge in [0.05, 0.1) is 18.1 Å². The predicted molar refractivity (Wildman–Crippen MR) is 117 cm³/mol. The number of thioether (sulfide) groups is 1. The van der Waals surface area contributed by atoms with Gasteiger partial charge in [0.15, 0.2) is 0 Å².